The van der Waals surface area contributed by atoms with Gasteiger partial charge in [0.1, 0.15) is 0 Å². The van der Waals surface area contributed by atoms with Gasteiger partial charge in [0.2, 0.25) is 0 Å². The molecular weight excluding hydrogens is 224 g/mol. The zero-order valence-electron chi connectivity index (χ0n) is 7.94. The first-order chi connectivity index (χ1) is 7.25. The van der Waals surface area contributed by atoms with E-state index in [9.17, 15) is 0 Å². The number of anilines is 1. The molecule has 2 rings (SSSR count). The van der Waals surface area contributed by atoms with Crippen LogP contribution < -0.4 is 11.1 Å². The van der Waals surface area contributed by atoms with Gasteiger partial charge in [0.25, 0.3) is 0 Å². The summed E-state index contributed by atoms with van der Waals surface area (Å²) in [5.74, 6) is 0. The highest BCUT2D eigenvalue weighted by atomic mass is 32.1. The van der Waals surface area contributed by atoms with Crippen LogP contribution in [-0.2, 0) is 0 Å². The van der Waals surface area contributed by atoms with E-state index in [2.05, 4.69) is 28.2 Å². The molecule has 15 heavy (non-hydrogen) atoms. The molecule has 0 aliphatic heterocycles. The minimum absolute atomic E-state index is 0.289. The molecule has 0 atom stereocenters. The van der Waals surface area contributed by atoms with Crippen LogP contribution in [0.2, 0.25) is 0 Å². The second kappa shape index (κ2) is 4.42. The molecule has 0 aliphatic carbocycles. The Morgan fingerprint density at radius 3 is 2.80 bits per heavy atom. The van der Waals surface area contributed by atoms with Crippen LogP contribution in [0.1, 0.15) is 0 Å². The molecule has 0 radical (unpaired) electrons. The molecule has 1 heterocycles. The standard InChI is InChI=1S/C11H10N2S2/c12-11(14)13-10-3-1-2-8(6-10)9-4-5-15-7-9/h1-7H,(H3,12,13,14). The van der Waals surface area contributed by atoms with Crippen molar-refractivity contribution in [3.63, 3.8) is 0 Å². The van der Waals surface area contributed by atoms with Crippen molar-refractivity contribution in [1.82, 2.24) is 0 Å². The smallest absolute Gasteiger partial charge is 0.168 e. The largest absolute Gasteiger partial charge is 0.376 e. The van der Waals surface area contributed by atoms with Crippen LogP contribution in [0.25, 0.3) is 11.1 Å². The third-order valence-electron chi connectivity index (χ3n) is 1.98. The fourth-order valence-corrected chi connectivity index (χ4v) is 2.13. The van der Waals surface area contributed by atoms with Gasteiger partial charge in [-0.3, -0.25) is 0 Å². The fourth-order valence-electron chi connectivity index (χ4n) is 1.35. The van der Waals surface area contributed by atoms with E-state index in [0.717, 1.165) is 11.3 Å². The molecule has 0 unspecified atom stereocenters. The summed E-state index contributed by atoms with van der Waals surface area (Å²) < 4.78 is 0. The van der Waals surface area contributed by atoms with Gasteiger partial charge in [-0.1, -0.05) is 12.1 Å². The quantitative estimate of drug-likeness (QED) is 0.784. The molecule has 1 aromatic heterocycles. The highest BCUT2D eigenvalue weighted by Gasteiger charge is 1.99. The fraction of sp³-hybridized carbons (Fsp3) is 0. The Hall–Kier alpha value is -1.39. The lowest BCUT2D eigenvalue weighted by Gasteiger charge is -2.05. The Morgan fingerprint density at radius 1 is 1.27 bits per heavy atom. The number of hydrogen-bond donors (Lipinski definition) is 2. The summed E-state index contributed by atoms with van der Waals surface area (Å²) >= 11 is 6.47. The number of benzene rings is 1. The summed E-state index contributed by atoms with van der Waals surface area (Å²) in [5.41, 5.74) is 8.72. The first kappa shape index (κ1) is 10.1. The molecule has 0 spiro atoms. The van der Waals surface area contributed by atoms with Gasteiger partial charge >= 0.3 is 0 Å². The van der Waals surface area contributed by atoms with Crippen molar-refractivity contribution in [1.29, 1.82) is 0 Å². The number of hydrogen-bond acceptors (Lipinski definition) is 2. The molecule has 2 aromatic rings. The number of thiophene rings is 1. The van der Waals surface area contributed by atoms with Gasteiger partial charge in [-0.15, -0.1) is 0 Å². The molecule has 0 fully saturated rings. The summed E-state index contributed by atoms with van der Waals surface area (Å²) in [6, 6.07) is 10.1. The van der Waals surface area contributed by atoms with E-state index in [-0.39, 0.29) is 5.11 Å². The lowest BCUT2D eigenvalue weighted by Crippen LogP contribution is -2.18. The van der Waals surface area contributed by atoms with Gasteiger partial charge in [-0.2, -0.15) is 11.3 Å². The summed E-state index contributed by atoms with van der Waals surface area (Å²) in [5, 5.41) is 7.38. The number of nitrogens with one attached hydrogen (secondary N) is 1. The summed E-state index contributed by atoms with van der Waals surface area (Å²) in [4.78, 5) is 0. The van der Waals surface area contributed by atoms with Crippen molar-refractivity contribution in [3.05, 3.63) is 41.1 Å². The van der Waals surface area contributed by atoms with E-state index in [1.54, 1.807) is 11.3 Å². The van der Waals surface area contributed by atoms with E-state index < -0.39 is 0 Å². The number of rotatable bonds is 2. The van der Waals surface area contributed by atoms with Gasteiger partial charge in [-0.05, 0) is 52.3 Å². The molecule has 0 saturated carbocycles. The molecule has 76 valence electrons. The summed E-state index contributed by atoms with van der Waals surface area (Å²) in [6.07, 6.45) is 0. The van der Waals surface area contributed by atoms with Gasteiger partial charge in [0.05, 0.1) is 0 Å². The normalized spacial score (nSPS) is 9.87. The predicted molar refractivity (Wildman–Crippen MR) is 70.2 cm³/mol. The number of nitrogens with two attached hydrogens (primary N) is 1. The highest BCUT2D eigenvalue weighted by molar-refractivity contribution is 7.80. The van der Waals surface area contributed by atoms with Crippen LogP contribution in [0.5, 0.6) is 0 Å². The molecular formula is C11H10N2S2. The van der Waals surface area contributed by atoms with Crippen molar-refractivity contribution < 1.29 is 0 Å². The van der Waals surface area contributed by atoms with Crippen molar-refractivity contribution in [3.8, 4) is 11.1 Å². The average Bonchev–Trinajstić information content (AvgIpc) is 2.69. The van der Waals surface area contributed by atoms with Gasteiger partial charge < -0.3 is 11.1 Å². The molecule has 0 aliphatic rings. The Morgan fingerprint density at radius 2 is 2.13 bits per heavy atom. The zero-order chi connectivity index (χ0) is 10.7. The SMILES string of the molecule is NC(=S)Nc1cccc(-c2ccsc2)c1. The first-order valence-corrected chi connectivity index (χ1v) is 5.80. The Balaban J connectivity index is 2.31. The van der Waals surface area contributed by atoms with E-state index in [1.807, 2.05) is 18.2 Å². The highest BCUT2D eigenvalue weighted by Crippen LogP contribution is 2.24. The topological polar surface area (TPSA) is 38.0 Å². The van der Waals surface area contributed by atoms with Crippen molar-refractivity contribution in [2.24, 2.45) is 5.73 Å². The average molecular weight is 234 g/mol. The van der Waals surface area contributed by atoms with Crippen molar-refractivity contribution >= 4 is 34.4 Å². The third kappa shape index (κ3) is 2.55. The minimum Gasteiger partial charge on any atom is -0.376 e. The minimum atomic E-state index is 0.289. The maximum Gasteiger partial charge on any atom is 0.168 e. The zero-order valence-corrected chi connectivity index (χ0v) is 9.57. The lowest BCUT2D eigenvalue weighted by molar-refractivity contribution is 1.60. The summed E-state index contributed by atoms with van der Waals surface area (Å²) in [6.45, 7) is 0. The third-order valence-corrected chi connectivity index (χ3v) is 2.77. The van der Waals surface area contributed by atoms with Crippen molar-refractivity contribution in [2.75, 3.05) is 5.32 Å². The summed E-state index contributed by atoms with van der Waals surface area (Å²) in [7, 11) is 0. The Bertz CT molecular complexity index is 463. The monoisotopic (exact) mass is 234 g/mol. The van der Waals surface area contributed by atoms with Crippen molar-refractivity contribution in [2.45, 2.75) is 0 Å². The van der Waals surface area contributed by atoms with Crippen LogP contribution in [0.4, 0.5) is 5.69 Å². The van der Waals surface area contributed by atoms with Gasteiger partial charge in [0, 0.05) is 5.69 Å². The maximum absolute atomic E-state index is 5.42. The van der Waals surface area contributed by atoms with Crippen LogP contribution in [0, 0.1) is 0 Å². The van der Waals surface area contributed by atoms with Crippen LogP contribution in [0.3, 0.4) is 0 Å². The molecule has 2 nitrogen and oxygen atoms in total. The molecule has 0 saturated heterocycles. The second-order valence-corrected chi connectivity index (χ2v) is 4.30. The first-order valence-electron chi connectivity index (χ1n) is 4.45. The molecule has 0 bridgehead atoms. The molecule has 4 heteroatoms. The molecule has 1 aromatic carbocycles. The molecule has 0 amide bonds. The van der Waals surface area contributed by atoms with Gasteiger partial charge in [0.15, 0.2) is 5.11 Å². The second-order valence-electron chi connectivity index (χ2n) is 3.08. The maximum atomic E-state index is 5.42. The van der Waals surface area contributed by atoms with E-state index in [4.69, 9.17) is 18.0 Å². The number of thiocarbonyl (C=S) groups is 1. The van der Waals surface area contributed by atoms with E-state index in [1.165, 1.54) is 5.56 Å². The van der Waals surface area contributed by atoms with Crippen LogP contribution in [-0.4, -0.2) is 5.11 Å². The van der Waals surface area contributed by atoms with Crippen LogP contribution in [0.15, 0.2) is 41.1 Å². The Kier molecular flexibility index (Phi) is 2.99. The lowest BCUT2D eigenvalue weighted by atomic mass is 10.1. The van der Waals surface area contributed by atoms with Gasteiger partial charge in [-0.25, -0.2) is 0 Å². The van der Waals surface area contributed by atoms with Crippen LogP contribution >= 0.6 is 23.6 Å². The molecule has 3 N–H and O–H groups in total. The van der Waals surface area contributed by atoms with E-state index >= 15 is 0 Å². The predicted octanol–water partition coefficient (Wildman–Crippen LogP) is 3.07. The van der Waals surface area contributed by atoms with E-state index in [0.29, 0.717) is 0 Å². The Labute approximate surface area is 97.7 Å².